The number of carbonyl (C=O) groups is 1. The van der Waals surface area contributed by atoms with Crippen molar-refractivity contribution in [3.05, 3.63) is 28.8 Å². The highest BCUT2D eigenvalue weighted by molar-refractivity contribution is 6.33. The zero-order valence-electron chi connectivity index (χ0n) is 10.5. The molecule has 3 nitrogen and oxygen atoms in total. The van der Waals surface area contributed by atoms with Gasteiger partial charge in [0, 0.05) is 32.9 Å². The van der Waals surface area contributed by atoms with Crippen LogP contribution in [0.5, 0.6) is 0 Å². The number of Topliss-reactive ketones (excluding diaryl/α,β-unsaturated/α-hetero) is 1. The molecule has 94 valence electrons. The van der Waals surface area contributed by atoms with Gasteiger partial charge in [0.05, 0.1) is 10.7 Å². The van der Waals surface area contributed by atoms with Gasteiger partial charge in [-0.2, -0.15) is 0 Å². The van der Waals surface area contributed by atoms with Crippen molar-refractivity contribution in [2.24, 2.45) is 0 Å². The predicted octanol–water partition coefficient (Wildman–Crippen LogP) is 3.02. The number of benzene rings is 1. The van der Waals surface area contributed by atoms with Gasteiger partial charge in [0.1, 0.15) is 0 Å². The van der Waals surface area contributed by atoms with Crippen LogP contribution in [0.4, 0.5) is 5.69 Å². The molecule has 4 heteroatoms. The molecule has 1 rings (SSSR count). The topological polar surface area (TPSA) is 29.5 Å². The van der Waals surface area contributed by atoms with Crippen LogP contribution in [0.3, 0.4) is 0 Å². The molecular weight excluding hydrogens is 238 g/mol. The van der Waals surface area contributed by atoms with E-state index in [9.17, 15) is 4.79 Å². The molecule has 0 aliphatic rings. The maximum absolute atomic E-state index is 11.2. The number of rotatable bonds is 6. The average molecular weight is 256 g/mol. The van der Waals surface area contributed by atoms with Gasteiger partial charge in [0.15, 0.2) is 5.78 Å². The zero-order chi connectivity index (χ0) is 12.8. The number of halogens is 1. The summed E-state index contributed by atoms with van der Waals surface area (Å²) in [7, 11) is 3.67. The van der Waals surface area contributed by atoms with Crippen molar-refractivity contribution in [1.29, 1.82) is 0 Å². The van der Waals surface area contributed by atoms with E-state index in [4.69, 9.17) is 16.3 Å². The Morgan fingerprint density at radius 2 is 2.18 bits per heavy atom. The van der Waals surface area contributed by atoms with E-state index in [0.29, 0.717) is 10.6 Å². The van der Waals surface area contributed by atoms with E-state index < -0.39 is 0 Å². The lowest BCUT2D eigenvalue weighted by Crippen LogP contribution is -2.20. The first-order valence-corrected chi connectivity index (χ1v) is 5.94. The molecule has 1 aromatic rings. The average Bonchev–Trinajstić information content (AvgIpc) is 2.28. The molecule has 0 heterocycles. The first-order chi connectivity index (χ1) is 8.06. The standard InChI is InChI=1S/C13H18ClNO2/c1-10(16)11-5-6-13(12(14)9-11)15(2)7-4-8-17-3/h5-6,9H,4,7-8H2,1-3H3. The third-order valence-electron chi connectivity index (χ3n) is 2.61. The molecule has 0 atom stereocenters. The number of carbonyl (C=O) groups excluding carboxylic acids is 1. The van der Waals surface area contributed by atoms with E-state index in [1.807, 2.05) is 13.1 Å². The fourth-order valence-corrected chi connectivity index (χ4v) is 1.93. The molecule has 0 N–H and O–H groups in total. The second-order valence-electron chi connectivity index (χ2n) is 3.99. The van der Waals surface area contributed by atoms with Crippen LogP contribution in [0.25, 0.3) is 0 Å². The van der Waals surface area contributed by atoms with Crippen molar-refractivity contribution < 1.29 is 9.53 Å². The van der Waals surface area contributed by atoms with Gasteiger partial charge in [-0.3, -0.25) is 4.79 Å². The van der Waals surface area contributed by atoms with E-state index in [1.54, 1.807) is 19.2 Å². The van der Waals surface area contributed by atoms with E-state index in [-0.39, 0.29) is 5.78 Å². The maximum Gasteiger partial charge on any atom is 0.159 e. The van der Waals surface area contributed by atoms with E-state index in [0.717, 1.165) is 25.3 Å². The Morgan fingerprint density at radius 1 is 1.47 bits per heavy atom. The first-order valence-electron chi connectivity index (χ1n) is 5.57. The zero-order valence-corrected chi connectivity index (χ0v) is 11.3. The molecule has 0 fully saturated rings. The van der Waals surface area contributed by atoms with Crippen molar-refractivity contribution in [3.8, 4) is 0 Å². The number of ether oxygens (including phenoxy) is 1. The fourth-order valence-electron chi connectivity index (χ4n) is 1.60. The van der Waals surface area contributed by atoms with Crippen LogP contribution in [0.2, 0.25) is 5.02 Å². The van der Waals surface area contributed by atoms with Gasteiger partial charge >= 0.3 is 0 Å². The molecule has 0 spiro atoms. The summed E-state index contributed by atoms with van der Waals surface area (Å²) >= 11 is 6.16. The highest BCUT2D eigenvalue weighted by Gasteiger charge is 2.08. The van der Waals surface area contributed by atoms with Crippen molar-refractivity contribution in [3.63, 3.8) is 0 Å². The predicted molar refractivity (Wildman–Crippen MR) is 71.2 cm³/mol. The molecule has 0 saturated heterocycles. The normalized spacial score (nSPS) is 10.4. The summed E-state index contributed by atoms with van der Waals surface area (Å²) in [6, 6.07) is 5.40. The molecule has 0 aliphatic heterocycles. The molecule has 0 aromatic heterocycles. The molecule has 0 aliphatic carbocycles. The lowest BCUT2D eigenvalue weighted by molar-refractivity contribution is 0.101. The lowest BCUT2D eigenvalue weighted by atomic mass is 10.1. The lowest BCUT2D eigenvalue weighted by Gasteiger charge is -2.20. The maximum atomic E-state index is 11.2. The summed E-state index contributed by atoms with van der Waals surface area (Å²) in [4.78, 5) is 13.3. The number of anilines is 1. The minimum atomic E-state index is 0.0282. The molecule has 0 unspecified atom stereocenters. The number of methoxy groups -OCH3 is 1. The Balaban J connectivity index is 2.74. The Kier molecular flexibility index (Phi) is 5.45. The summed E-state index contributed by atoms with van der Waals surface area (Å²) in [5.74, 6) is 0.0282. The SMILES string of the molecule is COCCCN(C)c1ccc(C(C)=O)cc1Cl. The van der Waals surface area contributed by atoms with Crippen LogP contribution in [0.15, 0.2) is 18.2 Å². The second-order valence-corrected chi connectivity index (χ2v) is 4.40. The van der Waals surface area contributed by atoms with Gasteiger partial charge in [0.2, 0.25) is 0 Å². The van der Waals surface area contributed by atoms with Crippen LogP contribution in [0.1, 0.15) is 23.7 Å². The molecule has 0 amide bonds. The Bertz CT molecular complexity index is 393. The van der Waals surface area contributed by atoms with Gasteiger partial charge in [-0.25, -0.2) is 0 Å². The number of ketones is 1. The van der Waals surface area contributed by atoms with Crippen molar-refractivity contribution in [2.45, 2.75) is 13.3 Å². The van der Waals surface area contributed by atoms with Gasteiger partial charge in [-0.1, -0.05) is 11.6 Å². The third kappa shape index (κ3) is 4.02. The number of hydrogen-bond acceptors (Lipinski definition) is 3. The van der Waals surface area contributed by atoms with Crippen LogP contribution < -0.4 is 4.90 Å². The smallest absolute Gasteiger partial charge is 0.159 e. The molecular formula is C13H18ClNO2. The van der Waals surface area contributed by atoms with Crippen molar-refractivity contribution in [1.82, 2.24) is 0 Å². The van der Waals surface area contributed by atoms with E-state index in [1.165, 1.54) is 6.92 Å². The minimum absolute atomic E-state index is 0.0282. The highest BCUT2D eigenvalue weighted by Crippen LogP contribution is 2.26. The Hall–Kier alpha value is -1.06. The summed E-state index contributed by atoms with van der Waals surface area (Å²) in [6.45, 7) is 3.13. The van der Waals surface area contributed by atoms with Crippen LogP contribution in [-0.4, -0.2) is 33.1 Å². The second kappa shape index (κ2) is 6.62. The fraction of sp³-hybridized carbons (Fsp3) is 0.462. The summed E-state index contributed by atoms with van der Waals surface area (Å²) < 4.78 is 5.00. The quantitative estimate of drug-likeness (QED) is 0.578. The Morgan fingerprint density at radius 3 is 2.71 bits per heavy atom. The van der Waals surface area contributed by atoms with E-state index >= 15 is 0 Å². The first kappa shape index (κ1) is 14.0. The molecule has 1 aromatic carbocycles. The van der Waals surface area contributed by atoms with Crippen LogP contribution in [-0.2, 0) is 4.74 Å². The Labute approximate surface area is 107 Å². The number of hydrogen-bond donors (Lipinski definition) is 0. The van der Waals surface area contributed by atoms with Crippen LogP contribution >= 0.6 is 11.6 Å². The van der Waals surface area contributed by atoms with Gasteiger partial charge in [0.25, 0.3) is 0 Å². The van der Waals surface area contributed by atoms with E-state index in [2.05, 4.69) is 4.90 Å². The minimum Gasteiger partial charge on any atom is -0.385 e. The third-order valence-corrected chi connectivity index (χ3v) is 2.91. The van der Waals surface area contributed by atoms with Gasteiger partial charge in [-0.15, -0.1) is 0 Å². The van der Waals surface area contributed by atoms with Gasteiger partial charge in [-0.05, 0) is 31.5 Å². The molecule has 0 bridgehead atoms. The molecule has 0 radical (unpaired) electrons. The monoisotopic (exact) mass is 255 g/mol. The van der Waals surface area contributed by atoms with Crippen LogP contribution in [0, 0.1) is 0 Å². The summed E-state index contributed by atoms with van der Waals surface area (Å²) in [5.41, 5.74) is 1.58. The van der Waals surface area contributed by atoms with Gasteiger partial charge < -0.3 is 9.64 Å². The number of nitrogens with zero attached hydrogens (tertiary/aromatic N) is 1. The van der Waals surface area contributed by atoms with Crippen molar-refractivity contribution in [2.75, 3.05) is 32.2 Å². The summed E-state index contributed by atoms with van der Waals surface area (Å²) in [6.07, 6.45) is 0.942. The molecule has 17 heavy (non-hydrogen) atoms. The molecule has 0 saturated carbocycles. The van der Waals surface area contributed by atoms with Crippen molar-refractivity contribution >= 4 is 23.1 Å². The highest BCUT2D eigenvalue weighted by atomic mass is 35.5. The summed E-state index contributed by atoms with van der Waals surface area (Å²) in [5, 5.41) is 0.609. The largest absolute Gasteiger partial charge is 0.385 e.